The Morgan fingerprint density at radius 2 is 1.19 bits per heavy atom. The molecule has 0 radical (unpaired) electrons. The molecule has 0 heterocycles. The van der Waals surface area contributed by atoms with Gasteiger partial charge in [-0.1, -0.05) is 91.0 Å². The summed E-state index contributed by atoms with van der Waals surface area (Å²) in [5, 5.41) is 34.2. The Labute approximate surface area is 212 Å². The Hall–Kier alpha value is -5.23. The van der Waals surface area contributed by atoms with Crippen molar-refractivity contribution in [3.8, 4) is 44.9 Å². The molecule has 0 amide bonds. The molecule has 0 aliphatic carbocycles. The van der Waals surface area contributed by atoms with Crippen LogP contribution in [-0.2, 0) is 0 Å². The van der Waals surface area contributed by atoms with Crippen LogP contribution in [0.1, 0.15) is 15.9 Å². The largest absolute Gasteiger partial charge is 0.507 e. The summed E-state index contributed by atoms with van der Waals surface area (Å²) in [5.41, 5.74) is 2.31. The summed E-state index contributed by atoms with van der Waals surface area (Å²) >= 11 is 0. The van der Waals surface area contributed by atoms with Gasteiger partial charge in [0, 0.05) is 33.9 Å². The fraction of sp³-hybridized carbons (Fsp3) is 0. The number of phenols is 2. The van der Waals surface area contributed by atoms with Gasteiger partial charge in [0.2, 0.25) is 5.78 Å². The highest BCUT2D eigenvalue weighted by Gasteiger charge is 2.29. The van der Waals surface area contributed by atoms with Crippen LogP contribution in [0.15, 0.2) is 115 Å². The van der Waals surface area contributed by atoms with Crippen molar-refractivity contribution in [2.75, 3.05) is 0 Å². The van der Waals surface area contributed by atoms with Crippen LogP contribution in [0.3, 0.4) is 0 Å². The maximum Gasteiger partial charge on any atom is 0.280 e. The smallest absolute Gasteiger partial charge is 0.280 e. The maximum absolute atomic E-state index is 14.1. The second-order valence-corrected chi connectivity index (χ2v) is 8.42. The Balaban J connectivity index is 1.94. The van der Waals surface area contributed by atoms with Gasteiger partial charge in [0.1, 0.15) is 17.1 Å². The molecular formula is C31H21NO5. The molecule has 37 heavy (non-hydrogen) atoms. The van der Waals surface area contributed by atoms with E-state index in [9.17, 15) is 25.1 Å². The number of para-hydroxylation sites is 2. The van der Waals surface area contributed by atoms with Gasteiger partial charge in [0.25, 0.3) is 5.69 Å². The Morgan fingerprint density at radius 1 is 0.622 bits per heavy atom. The van der Waals surface area contributed by atoms with E-state index in [-0.39, 0.29) is 33.9 Å². The minimum atomic E-state index is -0.597. The van der Waals surface area contributed by atoms with Crippen molar-refractivity contribution in [1.29, 1.82) is 0 Å². The lowest BCUT2D eigenvalue weighted by Gasteiger charge is -2.20. The number of carbonyl (C=O) groups is 1. The summed E-state index contributed by atoms with van der Waals surface area (Å²) in [4.78, 5) is 25.3. The Morgan fingerprint density at radius 3 is 1.84 bits per heavy atom. The summed E-state index contributed by atoms with van der Waals surface area (Å²) in [7, 11) is 0. The number of benzene rings is 5. The van der Waals surface area contributed by atoms with Gasteiger partial charge in [0.15, 0.2) is 0 Å². The van der Waals surface area contributed by atoms with Crippen LogP contribution in [0.25, 0.3) is 33.4 Å². The topological polar surface area (TPSA) is 101 Å². The van der Waals surface area contributed by atoms with Crippen molar-refractivity contribution in [2.24, 2.45) is 0 Å². The van der Waals surface area contributed by atoms with Gasteiger partial charge < -0.3 is 10.2 Å². The monoisotopic (exact) mass is 487 g/mol. The standard InChI is InChI=1S/C31H21NO5/c33-27-18-10-8-16-23(27)29-25(30(34)22-15-7-9-17-26(22)32(36)37)19-24(20-11-3-1-4-12-20)31(35)28(29)21-13-5-2-6-14-21/h1-19,33,35H. The molecule has 180 valence electrons. The molecule has 0 saturated heterocycles. The molecule has 5 aromatic carbocycles. The Bertz CT molecular complexity index is 1630. The molecule has 6 nitrogen and oxygen atoms in total. The third-order valence-corrected chi connectivity index (χ3v) is 6.21. The summed E-state index contributed by atoms with van der Waals surface area (Å²) in [6.07, 6.45) is 0. The van der Waals surface area contributed by atoms with Crippen LogP contribution in [0.5, 0.6) is 11.5 Å². The minimum Gasteiger partial charge on any atom is -0.507 e. The highest BCUT2D eigenvalue weighted by atomic mass is 16.6. The predicted octanol–water partition coefficient (Wildman–Crippen LogP) is 7.24. The van der Waals surface area contributed by atoms with E-state index >= 15 is 0 Å². The summed E-state index contributed by atoms with van der Waals surface area (Å²) < 4.78 is 0. The van der Waals surface area contributed by atoms with E-state index in [0.29, 0.717) is 27.8 Å². The number of nitro benzene ring substituents is 1. The average Bonchev–Trinajstić information content (AvgIpc) is 2.93. The van der Waals surface area contributed by atoms with Crippen LogP contribution in [0.4, 0.5) is 5.69 Å². The second kappa shape index (κ2) is 9.79. The molecule has 2 N–H and O–H groups in total. The van der Waals surface area contributed by atoms with Gasteiger partial charge in [-0.2, -0.15) is 0 Å². The lowest BCUT2D eigenvalue weighted by atomic mass is 9.83. The quantitative estimate of drug-likeness (QED) is 0.149. The van der Waals surface area contributed by atoms with Gasteiger partial charge in [-0.25, -0.2) is 0 Å². The van der Waals surface area contributed by atoms with E-state index < -0.39 is 10.7 Å². The van der Waals surface area contributed by atoms with Crippen LogP contribution in [0.2, 0.25) is 0 Å². The van der Waals surface area contributed by atoms with Crippen LogP contribution in [-0.4, -0.2) is 20.9 Å². The predicted molar refractivity (Wildman–Crippen MR) is 143 cm³/mol. The SMILES string of the molecule is O=C(c1ccccc1[N+](=O)[O-])c1cc(-c2ccccc2)c(O)c(-c2ccccc2)c1-c1ccccc1O. The summed E-state index contributed by atoms with van der Waals surface area (Å²) in [6, 6.07) is 31.9. The molecular weight excluding hydrogens is 466 g/mol. The molecule has 0 fully saturated rings. The summed E-state index contributed by atoms with van der Waals surface area (Å²) in [5.74, 6) is -0.766. The zero-order chi connectivity index (χ0) is 25.9. The molecule has 0 aromatic heterocycles. The van der Waals surface area contributed by atoms with E-state index in [0.717, 1.165) is 0 Å². The van der Waals surface area contributed by atoms with Crippen LogP contribution < -0.4 is 0 Å². The van der Waals surface area contributed by atoms with E-state index in [1.165, 1.54) is 30.3 Å². The normalized spacial score (nSPS) is 10.7. The number of aromatic hydroxyl groups is 2. The molecule has 5 rings (SSSR count). The second-order valence-electron chi connectivity index (χ2n) is 8.42. The highest BCUT2D eigenvalue weighted by molar-refractivity contribution is 6.18. The number of hydrogen-bond acceptors (Lipinski definition) is 5. The van der Waals surface area contributed by atoms with Crippen molar-refractivity contribution in [3.05, 3.63) is 137 Å². The first-order valence-corrected chi connectivity index (χ1v) is 11.5. The van der Waals surface area contributed by atoms with E-state index in [4.69, 9.17) is 0 Å². The zero-order valence-electron chi connectivity index (χ0n) is 19.5. The third kappa shape index (κ3) is 4.32. The van der Waals surface area contributed by atoms with Gasteiger partial charge >= 0.3 is 0 Å². The highest BCUT2D eigenvalue weighted by Crippen LogP contribution is 2.49. The van der Waals surface area contributed by atoms with E-state index in [1.807, 2.05) is 48.5 Å². The lowest BCUT2D eigenvalue weighted by Crippen LogP contribution is -2.09. The first kappa shape index (κ1) is 23.5. The van der Waals surface area contributed by atoms with E-state index in [1.54, 1.807) is 36.4 Å². The molecule has 0 bridgehead atoms. The van der Waals surface area contributed by atoms with Crippen molar-refractivity contribution >= 4 is 11.5 Å². The van der Waals surface area contributed by atoms with Gasteiger partial charge in [0.05, 0.1) is 4.92 Å². The first-order valence-electron chi connectivity index (χ1n) is 11.5. The lowest BCUT2D eigenvalue weighted by molar-refractivity contribution is -0.385. The van der Waals surface area contributed by atoms with Crippen LogP contribution in [0, 0.1) is 10.1 Å². The molecule has 0 aliphatic heterocycles. The van der Waals surface area contributed by atoms with Gasteiger partial charge in [-0.15, -0.1) is 0 Å². The number of nitrogens with zero attached hydrogens (tertiary/aromatic N) is 1. The average molecular weight is 488 g/mol. The fourth-order valence-electron chi connectivity index (χ4n) is 4.51. The zero-order valence-corrected chi connectivity index (χ0v) is 19.5. The van der Waals surface area contributed by atoms with Crippen molar-refractivity contribution < 1.29 is 19.9 Å². The number of hydrogen-bond donors (Lipinski definition) is 2. The Kier molecular flexibility index (Phi) is 6.22. The molecule has 0 atom stereocenters. The molecule has 0 unspecified atom stereocenters. The third-order valence-electron chi connectivity index (χ3n) is 6.21. The number of carbonyl (C=O) groups excluding carboxylic acids is 1. The number of rotatable bonds is 6. The van der Waals surface area contributed by atoms with Crippen LogP contribution >= 0.6 is 0 Å². The number of phenolic OH excluding ortho intramolecular Hbond substituents is 2. The fourth-order valence-corrected chi connectivity index (χ4v) is 4.51. The molecule has 5 aromatic rings. The maximum atomic E-state index is 14.1. The molecule has 0 aliphatic rings. The molecule has 6 heteroatoms. The number of nitro groups is 1. The van der Waals surface area contributed by atoms with Gasteiger partial charge in [-0.05, 0) is 29.3 Å². The molecule has 0 spiro atoms. The minimum absolute atomic E-state index is 0.0743. The van der Waals surface area contributed by atoms with Crippen molar-refractivity contribution in [1.82, 2.24) is 0 Å². The van der Waals surface area contributed by atoms with Crippen molar-refractivity contribution in [3.63, 3.8) is 0 Å². The van der Waals surface area contributed by atoms with Gasteiger partial charge in [-0.3, -0.25) is 14.9 Å². The first-order chi connectivity index (χ1) is 18.0. The van der Waals surface area contributed by atoms with E-state index in [2.05, 4.69) is 0 Å². The number of ketones is 1. The summed E-state index contributed by atoms with van der Waals surface area (Å²) in [6.45, 7) is 0. The molecule has 0 saturated carbocycles. The van der Waals surface area contributed by atoms with Crippen molar-refractivity contribution in [2.45, 2.75) is 0 Å².